The molecule has 24 heavy (non-hydrogen) atoms. The Morgan fingerprint density at radius 3 is 2.83 bits per heavy atom. The molecule has 7 heteroatoms. The summed E-state index contributed by atoms with van der Waals surface area (Å²) in [5.41, 5.74) is 2.01. The van der Waals surface area contributed by atoms with Crippen molar-refractivity contribution < 1.29 is 14.3 Å². The van der Waals surface area contributed by atoms with Crippen LogP contribution in [0.15, 0.2) is 36.4 Å². The van der Waals surface area contributed by atoms with Crippen LogP contribution in [0, 0.1) is 0 Å². The smallest absolute Gasteiger partial charge is 0.262 e. The second-order valence-corrected chi connectivity index (χ2v) is 6.13. The monoisotopic (exact) mass is 364 g/mol. The molecule has 0 aliphatic carbocycles. The number of hydrogen-bond acceptors (Lipinski definition) is 3. The molecule has 0 radical (unpaired) electrons. The summed E-state index contributed by atoms with van der Waals surface area (Å²) in [5, 5.41) is 6.46. The van der Waals surface area contributed by atoms with Gasteiger partial charge in [0.25, 0.3) is 5.91 Å². The zero-order valence-corrected chi connectivity index (χ0v) is 14.1. The minimum atomic E-state index is -0.217. The molecule has 3 rings (SSSR count). The van der Waals surface area contributed by atoms with Crippen molar-refractivity contribution in [3.8, 4) is 5.75 Å². The van der Waals surface area contributed by atoms with Gasteiger partial charge in [-0.1, -0.05) is 35.3 Å². The predicted molar refractivity (Wildman–Crippen MR) is 94.0 cm³/mol. The van der Waals surface area contributed by atoms with Crippen LogP contribution in [0.5, 0.6) is 5.75 Å². The third kappa shape index (κ3) is 3.80. The molecule has 1 heterocycles. The van der Waals surface area contributed by atoms with E-state index in [1.165, 1.54) is 0 Å². The fraction of sp³-hybridized carbons (Fsp3) is 0.176. The lowest BCUT2D eigenvalue weighted by Gasteiger charge is -2.20. The van der Waals surface area contributed by atoms with E-state index in [2.05, 4.69) is 10.6 Å². The SMILES string of the molecule is O=C(CCc1ccc(Cl)c(Cl)c1)Nc1cccc2c1OCC(=O)N2. The van der Waals surface area contributed by atoms with E-state index in [0.717, 1.165) is 5.56 Å². The number of carbonyl (C=O) groups excluding carboxylic acids is 2. The molecule has 0 atom stereocenters. The van der Waals surface area contributed by atoms with Crippen LogP contribution in [0.2, 0.25) is 10.0 Å². The second kappa shape index (κ2) is 7.11. The highest BCUT2D eigenvalue weighted by Crippen LogP contribution is 2.35. The van der Waals surface area contributed by atoms with Crippen molar-refractivity contribution >= 4 is 46.4 Å². The van der Waals surface area contributed by atoms with Crippen molar-refractivity contribution in [2.24, 2.45) is 0 Å². The Kier molecular flexibility index (Phi) is 4.92. The first-order chi connectivity index (χ1) is 11.5. The Morgan fingerprint density at radius 1 is 1.21 bits per heavy atom. The van der Waals surface area contributed by atoms with Crippen LogP contribution in [0.25, 0.3) is 0 Å². The molecule has 1 aliphatic heterocycles. The molecule has 0 unspecified atom stereocenters. The van der Waals surface area contributed by atoms with Gasteiger partial charge in [0.05, 0.1) is 21.4 Å². The van der Waals surface area contributed by atoms with Gasteiger partial charge in [0.1, 0.15) is 0 Å². The van der Waals surface area contributed by atoms with Gasteiger partial charge >= 0.3 is 0 Å². The highest BCUT2D eigenvalue weighted by Gasteiger charge is 2.19. The van der Waals surface area contributed by atoms with Crippen molar-refractivity contribution in [3.05, 3.63) is 52.0 Å². The maximum Gasteiger partial charge on any atom is 0.262 e. The maximum absolute atomic E-state index is 12.2. The maximum atomic E-state index is 12.2. The molecular formula is C17H14Cl2N2O3. The van der Waals surface area contributed by atoms with E-state index >= 15 is 0 Å². The number of aryl methyl sites for hydroxylation is 1. The van der Waals surface area contributed by atoms with Crippen molar-refractivity contribution in [2.45, 2.75) is 12.8 Å². The Labute approximate surface area is 148 Å². The zero-order valence-electron chi connectivity index (χ0n) is 12.6. The average Bonchev–Trinajstić information content (AvgIpc) is 2.56. The lowest BCUT2D eigenvalue weighted by Crippen LogP contribution is -2.26. The fourth-order valence-corrected chi connectivity index (χ4v) is 2.70. The summed E-state index contributed by atoms with van der Waals surface area (Å²) in [6.07, 6.45) is 0.823. The number of ether oxygens (including phenoxy) is 1. The molecule has 124 valence electrons. The summed E-state index contributed by atoms with van der Waals surface area (Å²) >= 11 is 11.8. The van der Waals surface area contributed by atoms with Gasteiger partial charge in [-0.15, -0.1) is 0 Å². The largest absolute Gasteiger partial charge is 0.479 e. The van der Waals surface area contributed by atoms with Crippen LogP contribution in [0.1, 0.15) is 12.0 Å². The molecule has 5 nitrogen and oxygen atoms in total. The first-order valence-electron chi connectivity index (χ1n) is 7.32. The number of amides is 2. The van der Waals surface area contributed by atoms with Crippen LogP contribution < -0.4 is 15.4 Å². The summed E-state index contributed by atoms with van der Waals surface area (Å²) < 4.78 is 5.40. The molecule has 2 amide bonds. The normalized spacial score (nSPS) is 12.8. The molecule has 1 aliphatic rings. The molecule has 0 bridgehead atoms. The van der Waals surface area contributed by atoms with Gasteiger partial charge in [0, 0.05) is 6.42 Å². The van der Waals surface area contributed by atoms with Gasteiger partial charge in [0.2, 0.25) is 5.91 Å². The number of para-hydroxylation sites is 1. The third-order valence-corrected chi connectivity index (χ3v) is 4.27. The standard InChI is InChI=1S/C17H14Cl2N2O3/c18-11-6-4-10(8-12(11)19)5-7-15(22)20-13-2-1-3-14-17(13)24-9-16(23)21-14/h1-4,6,8H,5,7,9H2,(H,20,22)(H,21,23). The Morgan fingerprint density at radius 2 is 2.04 bits per heavy atom. The summed E-state index contributed by atoms with van der Waals surface area (Å²) in [7, 11) is 0. The van der Waals surface area contributed by atoms with Crippen LogP contribution in [-0.4, -0.2) is 18.4 Å². The summed E-state index contributed by atoms with van der Waals surface area (Å²) in [5.74, 6) is 0.0977. The van der Waals surface area contributed by atoms with Gasteiger partial charge in [0.15, 0.2) is 12.4 Å². The number of nitrogens with one attached hydrogen (secondary N) is 2. The van der Waals surface area contributed by atoms with Gasteiger partial charge in [-0.05, 0) is 36.2 Å². The second-order valence-electron chi connectivity index (χ2n) is 5.32. The number of rotatable bonds is 4. The van der Waals surface area contributed by atoms with E-state index in [4.69, 9.17) is 27.9 Å². The summed E-state index contributed by atoms with van der Waals surface area (Å²) in [6.45, 7) is -0.0663. The molecule has 2 N–H and O–H groups in total. The van der Waals surface area contributed by atoms with Crippen molar-refractivity contribution in [1.29, 1.82) is 0 Å². The number of fused-ring (bicyclic) bond motifs is 1. The molecule has 2 aromatic rings. The number of hydrogen-bond donors (Lipinski definition) is 2. The molecule has 0 aromatic heterocycles. The van der Waals surface area contributed by atoms with E-state index in [0.29, 0.717) is 33.6 Å². The number of anilines is 2. The van der Waals surface area contributed by atoms with E-state index < -0.39 is 0 Å². The molecule has 0 spiro atoms. The summed E-state index contributed by atoms with van der Waals surface area (Å²) in [4.78, 5) is 23.5. The van der Waals surface area contributed by atoms with Crippen molar-refractivity contribution in [3.63, 3.8) is 0 Å². The first-order valence-corrected chi connectivity index (χ1v) is 8.08. The Hall–Kier alpha value is -2.24. The van der Waals surface area contributed by atoms with Crippen LogP contribution in [0.3, 0.4) is 0 Å². The van der Waals surface area contributed by atoms with Crippen LogP contribution >= 0.6 is 23.2 Å². The zero-order chi connectivity index (χ0) is 17.1. The lowest BCUT2D eigenvalue weighted by atomic mass is 10.1. The third-order valence-electron chi connectivity index (χ3n) is 3.54. The molecular weight excluding hydrogens is 351 g/mol. The quantitative estimate of drug-likeness (QED) is 0.864. The van der Waals surface area contributed by atoms with E-state index in [9.17, 15) is 9.59 Å². The van der Waals surface area contributed by atoms with Gasteiger partial charge in [-0.25, -0.2) is 0 Å². The van der Waals surface area contributed by atoms with Crippen molar-refractivity contribution in [2.75, 3.05) is 17.2 Å². The fourth-order valence-electron chi connectivity index (χ4n) is 2.38. The van der Waals surface area contributed by atoms with Crippen molar-refractivity contribution in [1.82, 2.24) is 0 Å². The van der Waals surface area contributed by atoms with E-state index in [-0.39, 0.29) is 24.8 Å². The summed E-state index contributed by atoms with van der Waals surface area (Å²) in [6, 6.07) is 10.5. The van der Waals surface area contributed by atoms with E-state index in [1.807, 2.05) is 6.07 Å². The number of carbonyl (C=O) groups is 2. The molecule has 0 saturated heterocycles. The lowest BCUT2D eigenvalue weighted by molar-refractivity contribution is -0.118. The van der Waals surface area contributed by atoms with Gasteiger partial charge < -0.3 is 15.4 Å². The Bertz CT molecular complexity index is 808. The first kappa shape index (κ1) is 16.6. The van der Waals surface area contributed by atoms with E-state index in [1.54, 1.807) is 30.3 Å². The molecule has 0 saturated carbocycles. The topological polar surface area (TPSA) is 67.4 Å². The van der Waals surface area contributed by atoms with Gasteiger partial charge in [-0.3, -0.25) is 9.59 Å². The molecule has 0 fully saturated rings. The number of benzene rings is 2. The van der Waals surface area contributed by atoms with Gasteiger partial charge in [-0.2, -0.15) is 0 Å². The highest BCUT2D eigenvalue weighted by atomic mass is 35.5. The van der Waals surface area contributed by atoms with Crippen LogP contribution in [-0.2, 0) is 16.0 Å². The molecule has 2 aromatic carbocycles. The predicted octanol–water partition coefficient (Wildman–Crippen LogP) is 3.90. The number of halogens is 2. The minimum Gasteiger partial charge on any atom is -0.479 e. The Balaban J connectivity index is 1.64. The minimum absolute atomic E-state index is 0.0663. The average molecular weight is 365 g/mol. The van der Waals surface area contributed by atoms with Crippen LogP contribution in [0.4, 0.5) is 11.4 Å². The highest BCUT2D eigenvalue weighted by molar-refractivity contribution is 6.42.